The largest absolute Gasteiger partial charge is 0.467 e. The number of aromatic nitrogens is 1. The predicted molar refractivity (Wildman–Crippen MR) is 76.9 cm³/mol. The summed E-state index contributed by atoms with van der Waals surface area (Å²) in [6.45, 7) is 5.84. The van der Waals surface area contributed by atoms with E-state index in [1.54, 1.807) is 0 Å². The minimum atomic E-state index is 0.305. The van der Waals surface area contributed by atoms with E-state index < -0.39 is 0 Å². The molecule has 0 atom stereocenters. The molecular weight excluding hydrogens is 274 g/mol. The molecule has 0 fully saturated rings. The highest BCUT2D eigenvalue weighted by Gasteiger charge is 2.20. The number of pyridine rings is 1. The SMILES string of the molecule is Cc1ccc[n+](Cc2cc(Cl)cc3c2OCOC3)c1C. The molecular formula is C16H17ClNO2+. The first-order valence-corrected chi connectivity index (χ1v) is 7.00. The number of nitrogens with zero attached hydrogens (tertiary/aromatic N) is 1. The van der Waals surface area contributed by atoms with Crippen LogP contribution < -0.4 is 9.30 Å². The van der Waals surface area contributed by atoms with Crippen molar-refractivity contribution in [3.63, 3.8) is 0 Å². The van der Waals surface area contributed by atoms with Crippen molar-refractivity contribution < 1.29 is 14.0 Å². The first kappa shape index (κ1) is 13.4. The summed E-state index contributed by atoms with van der Waals surface area (Å²) in [5.74, 6) is 0.911. The molecule has 1 aromatic carbocycles. The molecule has 3 rings (SSSR count). The number of hydrogen-bond acceptors (Lipinski definition) is 2. The van der Waals surface area contributed by atoms with Crippen molar-refractivity contribution in [1.82, 2.24) is 0 Å². The summed E-state index contributed by atoms with van der Waals surface area (Å²) in [6.07, 6.45) is 2.08. The fourth-order valence-electron chi connectivity index (χ4n) is 2.48. The van der Waals surface area contributed by atoms with Gasteiger partial charge in [-0.25, -0.2) is 0 Å². The molecule has 0 amide bonds. The first-order chi connectivity index (χ1) is 9.65. The number of fused-ring (bicyclic) bond motifs is 1. The summed E-state index contributed by atoms with van der Waals surface area (Å²) in [4.78, 5) is 0. The third-order valence-corrected chi connectivity index (χ3v) is 3.92. The first-order valence-electron chi connectivity index (χ1n) is 6.62. The van der Waals surface area contributed by atoms with E-state index in [9.17, 15) is 0 Å². The second kappa shape index (κ2) is 5.43. The van der Waals surface area contributed by atoms with E-state index >= 15 is 0 Å². The molecule has 2 aromatic rings. The molecule has 20 heavy (non-hydrogen) atoms. The van der Waals surface area contributed by atoms with Crippen LogP contribution in [0.5, 0.6) is 5.75 Å². The van der Waals surface area contributed by atoms with Gasteiger partial charge in [-0.05, 0) is 25.1 Å². The van der Waals surface area contributed by atoms with Gasteiger partial charge in [0.2, 0.25) is 0 Å². The molecule has 0 N–H and O–H groups in total. The van der Waals surface area contributed by atoms with Gasteiger partial charge in [0.15, 0.2) is 25.2 Å². The van der Waals surface area contributed by atoms with Gasteiger partial charge in [0.1, 0.15) is 5.75 Å². The Morgan fingerprint density at radius 1 is 1.30 bits per heavy atom. The second-order valence-electron chi connectivity index (χ2n) is 5.07. The summed E-state index contributed by atoms with van der Waals surface area (Å²) in [7, 11) is 0. The maximum Gasteiger partial charge on any atom is 0.189 e. The molecule has 4 heteroatoms. The topological polar surface area (TPSA) is 22.3 Å². The lowest BCUT2D eigenvalue weighted by Crippen LogP contribution is -2.38. The average molecular weight is 291 g/mol. The van der Waals surface area contributed by atoms with Gasteiger partial charge in [-0.3, -0.25) is 0 Å². The van der Waals surface area contributed by atoms with Crippen molar-refractivity contribution in [1.29, 1.82) is 0 Å². The summed E-state index contributed by atoms with van der Waals surface area (Å²) < 4.78 is 13.2. The van der Waals surface area contributed by atoms with E-state index in [0.29, 0.717) is 13.4 Å². The number of hydrogen-bond donors (Lipinski definition) is 0. The zero-order valence-corrected chi connectivity index (χ0v) is 12.4. The predicted octanol–water partition coefficient (Wildman–Crippen LogP) is 3.16. The lowest BCUT2D eigenvalue weighted by Gasteiger charge is -2.20. The average Bonchev–Trinajstić information content (AvgIpc) is 2.43. The second-order valence-corrected chi connectivity index (χ2v) is 5.50. The van der Waals surface area contributed by atoms with Gasteiger partial charge in [-0.1, -0.05) is 11.6 Å². The highest BCUT2D eigenvalue weighted by Crippen LogP contribution is 2.31. The van der Waals surface area contributed by atoms with E-state index in [0.717, 1.165) is 28.4 Å². The molecule has 0 spiro atoms. The van der Waals surface area contributed by atoms with E-state index in [1.807, 2.05) is 12.1 Å². The molecule has 0 saturated carbocycles. The fourth-order valence-corrected chi connectivity index (χ4v) is 2.74. The molecule has 3 nitrogen and oxygen atoms in total. The Balaban J connectivity index is 2.02. The number of ether oxygens (including phenoxy) is 2. The molecule has 2 heterocycles. The van der Waals surface area contributed by atoms with Crippen LogP contribution in [0.25, 0.3) is 0 Å². The van der Waals surface area contributed by atoms with Crippen LogP contribution in [0.4, 0.5) is 0 Å². The Bertz CT molecular complexity index is 655. The van der Waals surface area contributed by atoms with Crippen LogP contribution in [0, 0.1) is 13.8 Å². The Labute approximate surface area is 123 Å². The number of rotatable bonds is 2. The van der Waals surface area contributed by atoms with Gasteiger partial charge in [-0.2, -0.15) is 4.57 Å². The van der Waals surface area contributed by atoms with Crippen molar-refractivity contribution >= 4 is 11.6 Å². The van der Waals surface area contributed by atoms with Gasteiger partial charge in [0.05, 0.1) is 12.2 Å². The van der Waals surface area contributed by atoms with Crippen molar-refractivity contribution in [2.45, 2.75) is 27.0 Å². The minimum absolute atomic E-state index is 0.305. The van der Waals surface area contributed by atoms with Crippen LogP contribution >= 0.6 is 11.6 Å². The zero-order valence-electron chi connectivity index (χ0n) is 11.6. The Morgan fingerprint density at radius 3 is 3.00 bits per heavy atom. The lowest BCUT2D eigenvalue weighted by molar-refractivity contribution is -0.694. The van der Waals surface area contributed by atoms with E-state index in [-0.39, 0.29) is 0 Å². The quantitative estimate of drug-likeness (QED) is 0.793. The highest BCUT2D eigenvalue weighted by molar-refractivity contribution is 6.30. The monoisotopic (exact) mass is 290 g/mol. The minimum Gasteiger partial charge on any atom is -0.467 e. The molecule has 104 valence electrons. The molecule has 0 bridgehead atoms. The standard InChI is InChI=1S/C16H17ClNO2/c1-11-4-3-5-18(12(11)2)8-13-6-15(17)7-14-9-19-10-20-16(13)14/h3-7H,8-10H2,1-2H3/q+1. The summed E-state index contributed by atoms with van der Waals surface area (Å²) in [5.41, 5.74) is 4.63. The summed E-state index contributed by atoms with van der Waals surface area (Å²) in [5, 5.41) is 0.721. The zero-order chi connectivity index (χ0) is 14.1. The van der Waals surface area contributed by atoms with Crippen LogP contribution in [0.3, 0.4) is 0 Å². The van der Waals surface area contributed by atoms with Crippen molar-refractivity contribution in [3.8, 4) is 5.75 Å². The van der Waals surface area contributed by atoms with Gasteiger partial charge in [-0.15, -0.1) is 0 Å². The highest BCUT2D eigenvalue weighted by atomic mass is 35.5. The maximum absolute atomic E-state index is 6.20. The van der Waals surface area contributed by atoms with E-state index in [2.05, 4.69) is 36.7 Å². The third-order valence-electron chi connectivity index (χ3n) is 3.71. The van der Waals surface area contributed by atoms with Crippen LogP contribution in [0.2, 0.25) is 5.02 Å². The Kier molecular flexibility index (Phi) is 3.64. The normalized spacial score (nSPS) is 13.8. The molecule has 0 saturated heterocycles. The van der Waals surface area contributed by atoms with Crippen LogP contribution in [-0.4, -0.2) is 6.79 Å². The lowest BCUT2D eigenvalue weighted by atomic mass is 10.1. The number of benzene rings is 1. The smallest absolute Gasteiger partial charge is 0.189 e. The van der Waals surface area contributed by atoms with Crippen LogP contribution in [0.1, 0.15) is 22.4 Å². The van der Waals surface area contributed by atoms with Crippen molar-refractivity contribution in [2.24, 2.45) is 0 Å². The molecule has 0 radical (unpaired) electrons. The van der Waals surface area contributed by atoms with Crippen LogP contribution in [-0.2, 0) is 17.9 Å². The van der Waals surface area contributed by atoms with Crippen LogP contribution in [0.15, 0.2) is 30.5 Å². The number of aryl methyl sites for hydroxylation is 1. The molecule has 0 unspecified atom stereocenters. The molecule has 1 aliphatic rings. The Morgan fingerprint density at radius 2 is 2.15 bits per heavy atom. The van der Waals surface area contributed by atoms with Gasteiger partial charge >= 0.3 is 0 Å². The number of halogens is 1. The van der Waals surface area contributed by atoms with E-state index in [4.69, 9.17) is 21.1 Å². The Hall–Kier alpha value is -1.58. The van der Waals surface area contributed by atoms with Crippen molar-refractivity contribution in [2.75, 3.05) is 6.79 Å². The van der Waals surface area contributed by atoms with Gasteiger partial charge in [0, 0.05) is 29.1 Å². The fraction of sp³-hybridized carbons (Fsp3) is 0.312. The molecule has 0 aliphatic carbocycles. The van der Waals surface area contributed by atoms with E-state index in [1.165, 1.54) is 11.3 Å². The third kappa shape index (κ3) is 2.51. The van der Waals surface area contributed by atoms with Gasteiger partial charge < -0.3 is 9.47 Å². The molecule has 1 aliphatic heterocycles. The summed E-state index contributed by atoms with van der Waals surface area (Å²) >= 11 is 6.20. The van der Waals surface area contributed by atoms with Crippen molar-refractivity contribution in [3.05, 3.63) is 57.9 Å². The molecule has 1 aromatic heterocycles. The maximum atomic E-state index is 6.20. The van der Waals surface area contributed by atoms with Gasteiger partial charge in [0.25, 0.3) is 0 Å². The summed E-state index contributed by atoms with van der Waals surface area (Å²) in [6, 6.07) is 8.06.